The first-order valence-electron chi connectivity index (χ1n) is 11.0. The van der Waals surface area contributed by atoms with Gasteiger partial charge in [0.25, 0.3) is 0 Å². The average molecular weight is 401 g/mol. The predicted molar refractivity (Wildman–Crippen MR) is 109 cm³/mol. The van der Waals surface area contributed by atoms with Crippen LogP contribution in [0, 0.1) is 5.92 Å². The SMILES string of the molecule is CC1CCC2(CC1)OCC(C(=O)NCC1CCCO1)N2C(=O)Cc1ccccc1. The number of hydrogen-bond donors (Lipinski definition) is 1. The van der Waals surface area contributed by atoms with Gasteiger partial charge in [0.1, 0.15) is 11.8 Å². The Kier molecular flexibility index (Phi) is 6.20. The maximum absolute atomic E-state index is 13.4. The first kappa shape index (κ1) is 20.4. The maximum Gasteiger partial charge on any atom is 0.245 e. The summed E-state index contributed by atoms with van der Waals surface area (Å²) in [5.41, 5.74) is 0.326. The van der Waals surface area contributed by atoms with Crippen LogP contribution in [0.1, 0.15) is 51.0 Å². The predicted octanol–water partition coefficient (Wildman–Crippen LogP) is 2.66. The van der Waals surface area contributed by atoms with Crippen LogP contribution in [0.2, 0.25) is 0 Å². The largest absolute Gasteiger partial charge is 0.376 e. The summed E-state index contributed by atoms with van der Waals surface area (Å²) in [6, 6.07) is 9.16. The van der Waals surface area contributed by atoms with Crippen LogP contribution < -0.4 is 5.32 Å². The highest BCUT2D eigenvalue weighted by molar-refractivity contribution is 5.89. The number of amides is 2. The van der Waals surface area contributed by atoms with Crippen LogP contribution >= 0.6 is 0 Å². The smallest absolute Gasteiger partial charge is 0.245 e. The van der Waals surface area contributed by atoms with Gasteiger partial charge in [0.05, 0.1) is 19.1 Å². The zero-order chi connectivity index (χ0) is 20.3. The molecule has 2 amide bonds. The van der Waals surface area contributed by atoms with Gasteiger partial charge in [-0.05, 0) is 50.0 Å². The molecule has 2 unspecified atom stereocenters. The molecule has 0 bridgehead atoms. The third-order valence-corrected chi connectivity index (χ3v) is 6.61. The van der Waals surface area contributed by atoms with Crippen molar-refractivity contribution in [2.75, 3.05) is 19.8 Å². The van der Waals surface area contributed by atoms with Gasteiger partial charge in [-0.25, -0.2) is 0 Å². The lowest BCUT2D eigenvalue weighted by Crippen LogP contribution is -2.57. The molecule has 6 heteroatoms. The standard InChI is InChI=1S/C23H32N2O4/c1-17-9-11-23(12-10-17)25(21(26)14-18-6-3-2-4-7-18)20(16-29-23)22(27)24-15-19-8-5-13-28-19/h2-4,6-7,17,19-20H,5,8-16H2,1H3,(H,24,27). The second-order valence-electron chi connectivity index (χ2n) is 8.76. The van der Waals surface area contributed by atoms with Crippen LogP contribution in [0.15, 0.2) is 30.3 Å². The van der Waals surface area contributed by atoms with Crippen molar-refractivity contribution in [3.63, 3.8) is 0 Å². The van der Waals surface area contributed by atoms with Gasteiger partial charge in [0.15, 0.2) is 0 Å². The fraction of sp³-hybridized carbons (Fsp3) is 0.652. The molecule has 1 N–H and O–H groups in total. The molecular formula is C23H32N2O4. The van der Waals surface area contributed by atoms with E-state index in [1.165, 1.54) is 0 Å². The fourth-order valence-electron chi connectivity index (χ4n) is 4.85. The molecule has 1 spiro atoms. The van der Waals surface area contributed by atoms with Crippen molar-refractivity contribution in [1.82, 2.24) is 10.2 Å². The van der Waals surface area contributed by atoms with Gasteiger partial charge < -0.3 is 14.8 Å². The number of carbonyl (C=O) groups is 2. The fourth-order valence-corrected chi connectivity index (χ4v) is 4.85. The zero-order valence-electron chi connectivity index (χ0n) is 17.3. The number of nitrogens with one attached hydrogen (secondary N) is 1. The second kappa shape index (κ2) is 8.84. The maximum atomic E-state index is 13.4. The third-order valence-electron chi connectivity index (χ3n) is 6.61. The molecule has 2 atom stereocenters. The molecule has 0 aromatic heterocycles. The van der Waals surface area contributed by atoms with E-state index in [0.29, 0.717) is 12.5 Å². The van der Waals surface area contributed by atoms with Crippen molar-refractivity contribution >= 4 is 11.8 Å². The minimum absolute atomic E-state index is 0.0273. The first-order valence-corrected chi connectivity index (χ1v) is 11.0. The van der Waals surface area contributed by atoms with Gasteiger partial charge in [-0.2, -0.15) is 0 Å². The summed E-state index contributed by atoms with van der Waals surface area (Å²) in [5.74, 6) is 0.473. The topological polar surface area (TPSA) is 67.9 Å². The van der Waals surface area contributed by atoms with Crippen LogP contribution in [0.3, 0.4) is 0 Å². The van der Waals surface area contributed by atoms with Crippen molar-refractivity contribution in [2.45, 2.75) is 69.7 Å². The van der Waals surface area contributed by atoms with Gasteiger partial charge in [-0.15, -0.1) is 0 Å². The third kappa shape index (κ3) is 4.48. The number of rotatable bonds is 5. The lowest BCUT2D eigenvalue weighted by Gasteiger charge is -2.43. The van der Waals surface area contributed by atoms with Gasteiger partial charge in [0, 0.05) is 13.2 Å². The molecule has 1 aromatic rings. The number of carbonyl (C=O) groups excluding carboxylic acids is 2. The Hall–Kier alpha value is -1.92. The molecule has 4 rings (SSSR count). The lowest BCUT2D eigenvalue weighted by molar-refractivity contribution is -0.160. The van der Waals surface area contributed by atoms with Gasteiger partial charge in [0.2, 0.25) is 11.8 Å². The van der Waals surface area contributed by atoms with Crippen molar-refractivity contribution in [1.29, 1.82) is 0 Å². The quantitative estimate of drug-likeness (QED) is 0.825. The minimum atomic E-state index is -0.635. The number of ether oxygens (including phenoxy) is 2. The monoisotopic (exact) mass is 400 g/mol. The van der Waals surface area contributed by atoms with E-state index in [1.807, 2.05) is 30.3 Å². The Morgan fingerprint density at radius 1 is 1.17 bits per heavy atom. The van der Waals surface area contributed by atoms with Crippen molar-refractivity contribution in [3.05, 3.63) is 35.9 Å². The first-order chi connectivity index (χ1) is 14.1. The number of nitrogens with zero attached hydrogens (tertiary/aromatic N) is 1. The van der Waals surface area contributed by atoms with Crippen LogP contribution in [0.25, 0.3) is 0 Å². The number of hydrogen-bond acceptors (Lipinski definition) is 4. The molecule has 3 fully saturated rings. The van der Waals surface area contributed by atoms with E-state index < -0.39 is 11.8 Å². The van der Waals surface area contributed by atoms with Gasteiger partial charge in [-0.3, -0.25) is 14.5 Å². The molecular weight excluding hydrogens is 368 g/mol. The Balaban J connectivity index is 1.49. The highest BCUT2D eigenvalue weighted by Crippen LogP contribution is 2.42. The van der Waals surface area contributed by atoms with Crippen LogP contribution in [-0.2, 0) is 25.5 Å². The molecule has 2 saturated heterocycles. The van der Waals surface area contributed by atoms with Crippen LogP contribution in [0.4, 0.5) is 0 Å². The van der Waals surface area contributed by atoms with E-state index in [9.17, 15) is 9.59 Å². The van der Waals surface area contributed by atoms with E-state index in [2.05, 4.69) is 12.2 Å². The van der Waals surface area contributed by atoms with Gasteiger partial charge >= 0.3 is 0 Å². The molecule has 1 saturated carbocycles. The molecule has 1 aromatic carbocycles. The van der Waals surface area contributed by atoms with E-state index >= 15 is 0 Å². The van der Waals surface area contributed by atoms with E-state index in [4.69, 9.17) is 9.47 Å². The molecule has 3 aliphatic rings. The Morgan fingerprint density at radius 2 is 1.93 bits per heavy atom. The van der Waals surface area contributed by atoms with E-state index in [1.54, 1.807) is 4.90 Å². The van der Waals surface area contributed by atoms with Crippen molar-refractivity contribution in [2.24, 2.45) is 5.92 Å². The van der Waals surface area contributed by atoms with E-state index in [-0.39, 0.29) is 30.9 Å². The minimum Gasteiger partial charge on any atom is -0.376 e. The summed E-state index contributed by atoms with van der Waals surface area (Å²) in [5, 5.41) is 3.01. The highest BCUT2D eigenvalue weighted by Gasteiger charge is 2.53. The second-order valence-corrected chi connectivity index (χ2v) is 8.76. The molecule has 29 heavy (non-hydrogen) atoms. The molecule has 6 nitrogen and oxygen atoms in total. The summed E-state index contributed by atoms with van der Waals surface area (Å²) >= 11 is 0. The van der Waals surface area contributed by atoms with E-state index in [0.717, 1.165) is 50.7 Å². The summed E-state index contributed by atoms with van der Waals surface area (Å²) in [4.78, 5) is 28.2. The molecule has 1 aliphatic carbocycles. The number of benzene rings is 1. The van der Waals surface area contributed by atoms with Crippen LogP contribution in [0.5, 0.6) is 0 Å². The summed E-state index contributed by atoms with van der Waals surface area (Å²) < 4.78 is 11.8. The lowest BCUT2D eigenvalue weighted by atomic mass is 9.83. The molecule has 0 radical (unpaired) electrons. The summed E-state index contributed by atoms with van der Waals surface area (Å²) in [6.07, 6.45) is 6.00. The van der Waals surface area contributed by atoms with Crippen LogP contribution in [-0.4, -0.2) is 54.3 Å². The Labute approximate surface area is 172 Å². The summed E-state index contributed by atoms with van der Waals surface area (Å²) in [6.45, 7) is 3.77. The summed E-state index contributed by atoms with van der Waals surface area (Å²) in [7, 11) is 0. The molecule has 2 heterocycles. The van der Waals surface area contributed by atoms with Gasteiger partial charge in [-0.1, -0.05) is 37.3 Å². The average Bonchev–Trinajstić information content (AvgIpc) is 3.38. The Bertz CT molecular complexity index is 709. The highest BCUT2D eigenvalue weighted by atomic mass is 16.5. The normalized spacial score (nSPS) is 31.9. The molecule has 158 valence electrons. The van der Waals surface area contributed by atoms with Crippen molar-refractivity contribution < 1.29 is 19.1 Å². The zero-order valence-corrected chi connectivity index (χ0v) is 17.3. The van der Waals surface area contributed by atoms with Crippen molar-refractivity contribution in [3.8, 4) is 0 Å². The molecule has 2 aliphatic heterocycles. The Morgan fingerprint density at radius 3 is 2.62 bits per heavy atom.